The Balaban J connectivity index is 1.86. The molecule has 0 unspecified atom stereocenters. The quantitative estimate of drug-likeness (QED) is 0.735. The van der Waals surface area contributed by atoms with E-state index >= 15 is 0 Å². The Morgan fingerprint density at radius 2 is 2.10 bits per heavy atom. The van der Waals surface area contributed by atoms with E-state index in [4.69, 9.17) is 9.47 Å². The normalized spacial score (nSPS) is 21.3. The van der Waals surface area contributed by atoms with Crippen molar-refractivity contribution in [3.8, 4) is 5.75 Å². The van der Waals surface area contributed by atoms with E-state index in [1.807, 2.05) is 20.8 Å². The number of nitrogens with zero attached hydrogens (tertiary/aromatic N) is 1. The van der Waals surface area contributed by atoms with E-state index in [1.165, 1.54) is 19.4 Å². The summed E-state index contributed by atoms with van der Waals surface area (Å²) in [6, 6.07) is 5.73. The van der Waals surface area contributed by atoms with Crippen molar-refractivity contribution in [2.45, 2.75) is 57.3 Å². The highest BCUT2D eigenvalue weighted by Gasteiger charge is 2.46. The fourth-order valence-corrected chi connectivity index (χ4v) is 3.77. The van der Waals surface area contributed by atoms with Gasteiger partial charge in [-0.15, -0.1) is 0 Å². The number of pyridine rings is 1. The Hall–Kier alpha value is -2.58. The molecule has 1 aliphatic rings. The number of carbonyl (C=O) groups excluding carboxylic acids is 1. The van der Waals surface area contributed by atoms with Gasteiger partial charge < -0.3 is 19.9 Å². The van der Waals surface area contributed by atoms with E-state index in [0.29, 0.717) is 29.8 Å². The standard InChI is InChI=1S/C22H26F2N2O4/c1-5-17(27)16-9-6-12(11-25-16)26-21(28)20-14(10-22(2,3)30-20)13-7-8-15(23)18(24)19(13)29-4/h6-9,11,14,17,20,27H,5,10H2,1-4H3,(H,26,28)/t14-,17+,20+/m1/s1. The van der Waals surface area contributed by atoms with Gasteiger partial charge in [-0.1, -0.05) is 13.0 Å². The Morgan fingerprint density at radius 1 is 1.37 bits per heavy atom. The van der Waals surface area contributed by atoms with Crippen LogP contribution in [0.3, 0.4) is 0 Å². The van der Waals surface area contributed by atoms with Crippen molar-refractivity contribution in [1.82, 2.24) is 4.98 Å². The number of anilines is 1. The van der Waals surface area contributed by atoms with Crippen molar-refractivity contribution in [1.29, 1.82) is 0 Å². The molecular weight excluding hydrogens is 394 g/mol. The van der Waals surface area contributed by atoms with Gasteiger partial charge in [0.2, 0.25) is 5.82 Å². The summed E-state index contributed by atoms with van der Waals surface area (Å²) < 4.78 is 38.9. The van der Waals surface area contributed by atoms with Crippen LogP contribution >= 0.6 is 0 Å². The number of aliphatic hydroxyl groups excluding tert-OH is 1. The number of hydrogen-bond acceptors (Lipinski definition) is 5. The molecule has 0 radical (unpaired) electrons. The molecule has 6 nitrogen and oxygen atoms in total. The van der Waals surface area contributed by atoms with Gasteiger partial charge >= 0.3 is 0 Å². The Labute approximate surface area is 174 Å². The molecule has 0 aliphatic carbocycles. The molecule has 3 atom stereocenters. The maximum Gasteiger partial charge on any atom is 0.254 e. The monoisotopic (exact) mass is 420 g/mol. The third-order valence-electron chi connectivity index (χ3n) is 5.25. The summed E-state index contributed by atoms with van der Waals surface area (Å²) in [7, 11) is 1.26. The number of nitrogens with one attached hydrogen (secondary N) is 1. The molecule has 2 heterocycles. The molecule has 0 saturated carbocycles. The lowest BCUT2D eigenvalue weighted by molar-refractivity contribution is -0.130. The zero-order valence-electron chi connectivity index (χ0n) is 17.4. The zero-order chi connectivity index (χ0) is 22.1. The molecule has 1 saturated heterocycles. The van der Waals surface area contributed by atoms with E-state index in [-0.39, 0.29) is 5.75 Å². The summed E-state index contributed by atoms with van der Waals surface area (Å²) in [4.78, 5) is 17.2. The topological polar surface area (TPSA) is 80.7 Å². The number of hydrogen-bond donors (Lipinski definition) is 2. The van der Waals surface area contributed by atoms with Crippen LogP contribution in [0.25, 0.3) is 0 Å². The minimum absolute atomic E-state index is 0.223. The van der Waals surface area contributed by atoms with E-state index in [0.717, 1.165) is 6.07 Å². The second kappa shape index (κ2) is 8.65. The molecule has 1 amide bonds. The van der Waals surface area contributed by atoms with Crippen LogP contribution in [0.5, 0.6) is 5.75 Å². The predicted molar refractivity (Wildman–Crippen MR) is 107 cm³/mol. The highest BCUT2D eigenvalue weighted by atomic mass is 19.2. The number of aromatic nitrogens is 1. The summed E-state index contributed by atoms with van der Waals surface area (Å²) in [6.07, 6.45) is 0.811. The van der Waals surface area contributed by atoms with Gasteiger partial charge in [0.1, 0.15) is 6.10 Å². The van der Waals surface area contributed by atoms with Crippen LogP contribution in [-0.2, 0) is 9.53 Å². The first kappa shape index (κ1) is 22.1. The van der Waals surface area contributed by atoms with E-state index in [1.54, 1.807) is 12.1 Å². The first-order chi connectivity index (χ1) is 14.2. The molecule has 0 bridgehead atoms. The number of methoxy groups -OCH3 is 1. The van der Waals surface area contributed by atoms with Gasteiger partial charge in [0.25, 0.3) is 5.91 Å². The highest BCUT2D eigenvalue weighted by molar-refractivity contribution is 5.95. The maximum atomic E-state index is 14.2. The summed E-state index contributed by atoms with van der Waals surface area (Å²) in [5.41, 5.74) is 0.687. The van der Waals surface area contributed by atoms with Crippen LogP contribution < -0.4 is 10.1 Å². The van der Waals surface area contributed by atoms with Crippen molar-refractivity contribution in [3.05, 3.63) is 53.4 Å². The molecule has 0 spiro atoms. The molecule has 1 aliphatic heterocycles. The first-order valence-corrected chi connectivity index (χ1v) is 9.81. The smallest absolute Gasteiger partial charge is 0.254 e. The van der Waals surface area contributed by atoms with Gasteiger partial charge in [0, 0.05) is 11.5 Å². The molecule has 162 valence electrons. The lowest BCUT2D eigenvalue weighted by atomic mass is 9.86. The zero-order valence-corrected chi connectivity index (χ0v) is 17.4. The molecule has 8 heteroatoms. The lowest BCUT2D eigenvalue weighted by Gasteiger charge is -2.21. The summed E-state index contributed by atoms with van der Waals surface area (Å²) >= 11 is 0. The minimum atomic E-state index is -1.09. The lowest BCUT2D eigenvalue weighted by Crippen LogP contribution is -2.33. The van der Waals surface area contributed by atoms with Crippen LogP contribution in [0.15, 0.2) is 30.5 Å². The second-order valence-corrected chi connectivity index (χ2v) is 7.98. The molecule has 2 N–H and O–H groups in total. The van der Waals surface area contributed by atoms with Crippen molar-refractivity contribution in [2.75, 3.05) is 12.4 Å². The number of ether oxygens (including phenoxy) is 2. The van der Waals surface area contributed by atoms with Gasteiger partial charge in [0.05, 0.1) is 36.4 Å². The average molecular weight is 420 g/mol. The van der Waals surface area contributed by atoms with Crippen LogP contribution in [0.1, 0.15) is 56.9 Å². The second-order valence-electron chi connectivity index (χ2n) is 7.98. The molecular formula is C22H26F2N2O4. The number of benzene rings is 1. The number of aliphatic hydroxyl groups is 1. The Morgan fingerprint density at radius 3 is 2.70 bits per heavy atom. The van der Waals surface area contributed by atoms with Crippen molar-refractivity contribution in [3.63, 3.8) is 0 Å². The van der Waals surface area contributed by atoms with Crippen LogP contribution in [-0.4, -0.2) is 34.8 Å². The molecule has 1 fully saturated rings. The number of amides is 1. The number of carbonyl (C=O) groups is 1. The fraction of sp³-hybridized carbons (Fsp3) is 0.455. The minimum Gasteiger partial charge on any atom is -0.493 e. The molecule has 3 rings (SSSR count). The third kappa shape index (κ3) is 4.44. The van der Waals surface area contributed by atoms with Gasteiger partial charge in [0.15, 0.2) is 11.6 Å². The molecule has 1 aromatic carbocycles. The SMILES string of the molecule is CC[C@H](O)c1ccc(NC(=O)[C@H]2OC(C)(C)C[C@@H]2c2ccc(F)c(F)c2OC)cn1. The van der Waals surface area contributed by atoms with E-state index in [9.17, 15) is 18.7 Å². The van der Waals surface area contributed by atoms with E-state index in [2.05, 4.69) is 10.3 Å². The van der Waals surface area contributed by atoms with Gasteiger partial charge in [-0.3, -0.25) is 9.78 Å². The van der Waals surface area contributed by atoms with Gasteiger partial charge in [-0.05, 0) is 44.9 Å². The average Bonchev–Trinajstić information content (AvgIpc) is 3.05. The Kier molecular flexibility index (Phi) is 6.38. The molecule has 30 heavy (non-hydrogen) atoms. The largest absolute Gasteiger partial charge is 0.493 e. The molecule has 1 aromatic heterocycles. The highest BCUT2D eigenvalue weighted by Crippen LogP contribution is 2.45. The van der Waals surface area contributed by atoms with Crippen molar-refractivity contribution >= 4 is 11.6 Å². The number of halogens is 2. The predicted octanol–water partition coefficient (Wildman–Crippen LogP) is 4.10. The third-order valence-corrected chi connectivity index (χ3v) is 5.25. The van der Waals surface area contributed by atoms with E-state index < -0.39 is 41.3 Å². The first-order valence-electron chi connectivity index (χ1n) is 9.81. The van der Waals surface area contributed by atoms with Crippen LogP contribution in [0, 0.1) is 11.6 Å². The van der Waals surface area contributed by atoms with Crippen molar-refractivity contribution in [2.24, 2.45) is 0 Å². The van der Waals surface area contributed by atoms with Crippen molar-refractivity contribution < 1.29 is 28.2 Å². The van der Waals surface area contributed by atoms with Crippen LogP contribution in [0.2, 0.25) is 0 Å². The van der Waals surface area contributed by atoms with Gasteiger partial charge in [-0.2, -0.15) is 4.39 Å². The van der Waals surface area contributed by atoms with Gasteiger partial charge in [-0.25, -0.2) is 4.39 Å². The van der Waals surface area contributed by atoms with Crippen LogP contribution in [0.4, 0.5) is 14.5 Å². The summed E-state index contributed by atoms with van der Waals surface area (Å²) in [6.45, 7) is 5.51. The molecule has 2 aromatic rings. The summed E-state index contributed by atoms with van der Waals surface area (Å²) in [5, 5.41) is 12.6. The summed E-state index contributed by atoms with van der Waals surface area (Å²) in [5.74, 6) is -3.29. The number of rotatable bonds is 6. The Bertz CT molecular complexity index is 918. The maximum absolute atomic E-state index is 14.2. The fourth-order valence-electron chi connectivity index (χ4n) is 3.77.